The zero-order valence-corrected chi connectivity index (χ0v) is 21.5. The Labute approximate surface area is 201 Å². The summed E-state index contributed by atoms with van der Waals surface area (Å²) in [6.07, 6.45) is 6.73. The fourth-order valence-electron chi connectivity index (χ4n) is 4.50. The van der Waals surface area contributed by atoms with Gasteiger partial charge >= 0.3 is 5.97 Å². The van der Waals surface area contributed by atoms with Crippen molar-refractivity contribution in [2.24, 2.45) is 11.8 Å². The molecule has 0 bridgehead atoms. The molecule has 0 N–H and O–H groups in total. The molecule has 0 aliphatic heterocycles. The standard InChI is InChI=1S/C26H37BrN2O3/c1-5-9-22-24(21-10-7-6-8-11-21)25(27)28-29(22)16-19-12-14-20(15-13-19)17-31-18-23(30)32-26(2,3)4/h6-8,10-11,19-20H,5,9,12-18H2,1-4H3. The molecule has 1 aliphatic rings. The number of esters is 1. The van der Waals surface area contributed by atoms with Crippen LogP contribution < -0.4 is 0 Å². The number of halogens is 1. The molecule has 32 heavy (non-hydrogen) atoms. The lowest BCUT2D eigenvalue weighted by molar-refractivity contribution is -0.160. The van der Waals surface area contributed by atoms with Crippen LogP contribution >= 0.6 is 15.9 Å². The van der Waals surface area contributed by atoms with Crippen molar-refractivity contribution in [2.75, 3.05) is 13.2 Å². The molecule has 5 nitrogen and oxygen atoms in total. The summed E-state index contributed by atoms with van der Waals surface area (Å²) in [6.45, 7) is 9.49. The van der Waals surface area contributed by atoms with Crippen molar-refractivity contribution in [3.63, 3.8) is 0 Å². The molecule has 0 saturated heterocycles. The summed E-state index contributed by atoms with van der Waals surface area (Å²) in [5.74, 6) is 0.865. The van der Waals surface area contributed by atoms with Crippen LogP contribution in [0.2, 0.25) is 0 Å². The van der Waals surface area contributed by atoms with Crippen LogP contribution in [0.3, 0.4) is 0 Å². The second-order valence-corrected chi connectivity index (χ2v) is 10.7. The highest BCUT2D eigenvalue weighted by molar-refractivity contribution is 9.10. The molecule has 1 aromatic heterocycles. The fourth-order valence-corrected chi connectivity index (χ4v) is 5.15. The van der Waals surface area contributed by atoms with Gasteiger partial charge in [0.15, 0.2) is 0 Å². The smallest absolute Gasteiger partial charge is 0.332 e. The Bertz CT molecular complexity index is 865. The lowest BCUT2D eigenvalue weighted by Gasteiger charge is -2.29. The SMILES string of the molecule is CCCc1c(-c2ccccc2)c(Br)nn1CC1CCC(COCC(=O)OC(C)(C)C)CC1. The van der Waals surface area contributed by atoms with Gasteiger partial charge in [0.2, 0.25) is 0 Å². The van der Waals surface area contributed by atoms with E-state index < -0.39 is 5.60 Å². The van der Waals surface area contributed by atoms with E-state index in [0.29, 0.717) is 18.4 Å². The van der Waals surface area contributed by atoms with Gasteiger partial charge in [0.1, 0.15) is 16.8 Å². The highest BCUT2D eigenvalue weighted by Crippen LogP contribution is 2.35. The third kappa shape index (κ3) is 7.17. The van der Waals surface area contributed by atoms with E-state index >= 15 is 0 Å². The second kappa shape index (κ2) is 11.5. The Balaban J connectivity index is 1.52. The van der Waals surface area contributed by atoms with Gasteiger partial charge in [-0.2, -0.15) is 5.10 Å². The van der Waals surface area contributed by atoms with E-state index in [9.17, 15) is 4.79 Å². The zero-order valence-electron chi connectivity index (χ0n) is 19.9. The number of carbonyl (C=O) groups excluding carboxylic acids is 1. The number of hydrogen-bond acceptors (Lipinski definition) is 4. The Hall–Kier alpha value is -1.66. The van der Waals surface area contributed by atoms with Gasteiger partial charge in [-0.05, 0) is 86.2 Å². The van der Waals surface area contributed by atoms with Crippen molar-refractivity contribution in [1.29, 1.82) is 0 Å². The Morgan fingerprint density at radius 2 is 1.78 bits per heavy atom. The molecule has 1 saturated carbocycles. The van der Waals surface area contributed by atoms with E-state index in [2.05, 4.69) is 57.9 Å². The molecular formula is C26H37BrN2O3. The summed E-state index contributed by atoms with van der Waals surface area (Å²) in [7, 11) is 0. The Kier molecular flexibility index (Phi) is 8.95. The van der Waals surface area contributed by atoms with Crippen LogP contribution in [0, 0.1) is 11.8 Å². The van der Waals surface area contributed by atoms with Crippen molar-refractivity contribution in [3.05, 3.63) is 40.6 Å². The molecular weight excluding hydrogens is 468 g/mol. The summed E-state index contributed by atoms with van der Waals surface area (Å²) >= 11 is 3.72. The normalized spacial score (nSPS) is 19.2. The highest BCUT2D eigenvalue weighted by atomic mass is 79.9. The minimum absolute atomic E-state index is 0.0428. The van der Waals surface area contributed by atoms with Crippen LogP contribution in [0.5, 0.6) is 0 Å². The van der Waals surface area contributed by atoms with E-state index in [1.54, 1.807) is 0 Å². The summed E-state index contributed by atoms with van der Waals surface area (Å²) in [6, 6.07) is 10.5. The maximum Gasteiger partial charge on any atom is 0.332 e. The number of carbonyl (C=O) groups is 1. The lowest BCUT2D eigenvalue weighted by Crippen LogP contribution is -2.28. The number of nitrogens with zero attached hydrogens (tertiary/aromatic N) is 2. The van der Waals surface area contributed by atoms with Gasteiger partial charge in [-0.25, -0.2) is 4.79 Å². The predicted octanol–water partition coefficient (Wildman–Crippen LogP) is 6.43. The van der Waals surface area contributed by atoms with Crippen LogP contribution in [0.1, 0.15) is 65.5 Å². The molecule has 3 rings (SSSR count). The van der Waals surface area contributed by atoms with E-state index in [4.69, 9.17) is 14.6 Å². The van der Waals surface area contributed by atoms with Crippen molar-refractivity contribution in [1.82, 2.24) is 9.78 Å². The van der Waals surface area contributed by atoms with Crippen LogP contribution in [0.15, 0.2) is 34.9 Å². The number of ether oxygens (including phenoxy) is 2. The molecule has 0 unspecified atom stereocenters. The molecule has 1 fully saturated rings. The maximum absolute atomic E-state index is 11.8. The zero-order chi connectivity index (χ0) is 23.1. The average Bonchev–Trinajstić information content (AvgIpc) is 3.03. The molecule has 0 radical (unpaired) electrons. The van der Waals surface area contributed by atoms with E-state index in [-0.39, 0.29) is 12.6 Å². The highest BCUT2D eigenvalue weighted by Gasteiger charge is 2.25. The topological polar surface area (TPSA) is 53.4 Å². The van der Waals surface area contributed by atoms with Gasteiger partial charge in [-0.15, -0.1) is 0 Å². The van der Waals surface area contributed by atoms with Crippen LogP contribution in [0.25, 0.3) is 11.1 Å². The molecule has 1 aliphatic carbocycles. The largest absolute Gasteiger partial charge is 0.458 e. The lowest BCUT2D eigenvalue weighted by atomic mass is 9.82. The molecule has 1 aromatic carbocycles. The number of benzene rings is 1. The van der Waals surface area contributed by atoms with Gasteiger partial charge in [-0.1, -0.05) is 43.7 Å². The second-order valence-electron chi connectivity index (χ2n) is 9.90. The van der Waals surface area contributed by atoms with Gasteiger partial charge in [0.05, 0.1) is 6.61 Å². The summed E-state index contributed by atoms with van der Waals surface area (Å²) in [5, 5.41) is 4.87. The molecule has 0 atom stereocenters. The van der Waals surface area contributed by atoms with Gasteiger partial charge in [0.25, 0.3) is 0 Å². The fraction of sp³-hybridized carbons (Fsp3) is 0.615. The first-order chi connectivity index (χ1) is 15.3. The van der Waals surface area contributed by atoms with Crippen molar-refractivity contribution in [3.8, 4) is 11.1 Å². The third-order valence-corrected chi connectivity index (χ3v) is 6.51. The quantitative estimate of drug-likeness (QED) is 0.369. The van der Waals surface area contributed by atoms with Crippen LogP contribution in [0.4, 0.5) is 0 Å². The van der Waals surface area contributed by atoms with Crippen molar-refractivity contribution < 1.29 is 14.3 Å². The molecule has 0 amide bonds. The monoisotopic (exact) mass is 504 g/mol. The summed E-state index contributed by atoms with van der Waals surface area (Å²) in [5.41, 5.74) is 3.32. The molecule has 0 spiro atoms. The summed E-state index contributed by atoms with van der Waals surface area (Å²) < 4.78 is 14.1. The molecule has 176 valence electrons. The minimum Gasteiger partial charge on any atom is -0.458 e. The van der Waals surface area contributed by atoms with Gasteiger partial charge in [-0.3, -0.25) is 4.68 Å². The van der Waals surface area contributed by atoms with Gasteiger partial charge in [0, 0.05) is 17.8 Å². The molecule has 6 heteroatoms. The van der Waals surface area contributed by atoms with E-state index in [1.165, 1.54) is 29.7 Å². The molecule has 1 heterocycles. The summed E-state index contributed by atoms with van der Waals surface area (Å²) in [4.78, 5) is 11.8. The first-order valence-corrected chi connectivity index (χ1v) is 12.7. The Morgan fingerprint density at radius 3 is 2.41 bits per heavy atom. The van der Waals surface area contributed by atoms with Gasteiger partial charge < -0.3 is 9.47 Å². The van der Waals surface area contributed by atoms with Crippen LogP contribution in [-0.4, -0.2) is 34.6 Å². The number of aromatic nitrogens is 2. The van der Waals surface area contributed by atoms with E-state index in [1.807, 2.05) is 20.8 Å². The van der Waals surface area contributed by atoms with Crippen LogP contribution in [-0.2, 0) is 27.2 Å². The number of hydrogen-bond donors (Lipinski definition) is 0. The third-order valence-electron chi connectivity index (χ3n) is 5.96. The number of rotatable bonds is 9. The van der Waals surface area contributed by atoms with Crippen molar-refractivity contribution in [2.45, 2.75) is 78.4 Å². The maximum atomic E-state index is 11.8. The van der Waals surface area contributed by atoms with Crippen molar-refractivity contribution >= 4 is 21.9 Å². The average molecular weight is 505 g/mol. The Morgan fingerprint density at radius 1 is 1.12 bits per heavy atom. The predicted molar refractivity (Wildman–Crippen MR) is 131 cm³/mol. The first kappa shape index (κ1) is 25.0. The minimum atomic E-state index is -0.461. The first-order valence-electron chi connectivity index (χ1n) is 11.9. The van der Waals surface area contributed by atoms with E-state index in [0.717, 1.165) is 36.8 Å². The molecule has 2 aromatic rings.